The number of carboxylic acids is 1. The maximum absolute atomic E-state index is 14.2. The van der Waals surface area contributed by atoms with Gasteiger partial charge in [-0.3, -0.25) is 0 Å². The van der Waals surface area contributed by atoms with Crippen molar-refractivity contribution in [3.05, 3.63) is 57.1 Å². The van der Waals surface area contributed by atoms with Gasteiger partial charge in [0.1, 0.15) is 5.82 Å². The number of carbonyl (C=O) groups is 1. The Balaban J connectivity index is 2.25. The predicted octanol–water partition coefficient (Wildman–Crippen LogP) is 4.16. The Morgan fingerprint density at radius 1 is 1.30 bits per heavy atom. The summed E-state index contributed by atoms with van der Waals surface area (Å²) < 4.78 is 21.3. The molecule has 0 aliphatic heterocycles. The van der Waals surface area contributed by atoms with E-state index in [2.05, 4.69) is 5.32 Å². The van der Waals surface area contributed by atoms with Crippen LogP contribution in [-0.4, -0.2) is 35.4 Å². The monoisotopic (exact) mass is 396 g/mol. The molecule has 0 unspecified atom stereocenters. The van der Waals surface area contributed by atoms with Crippen LogP contribution < -0.4 is 5.32 Å². The second-order valence-electron chi connectivity index (χ2n) is 6.34. The number of aromatic carboxylic acids is 1. The van der Waals surface area contributed by atoms with Crippen molar-refractivity contribution in [2.75, 3.05) is 19.8 Å². The van der Waals surface area contributed by atoms with Gasteiger partial charge in [-0.15, -0.1) is 0 Å². The zero-order chi connectivity index (χ0) is 20.0. The third-order valence-corrected chi connectivity index (χ3v) is 5.00. The lowest BCUT2D eigenvalue weighted by atomic mass is 10.1. The molecule has 7 heteroatoms. The predicted molar refractivity (Wildman–Crippen MR) is 104 cm³/mol. The topological polar surface area (TPSA) is 63.5 Å². The molecule has 0 fully saturated rings. The molecule has 1 aromatic heterocycles. The van der Waals surface area contributed by atoms with Crippen LogP contribution in [0, 0.1) is 19.7 Å². The van der Waals surface area contributed by atoms with E-state index in [1.807, 2.05) is 18.4 Å². The van der Waals surface area contributed by atoms with Gasteiger partial charge in [-0.2, -0.15) is 0 Å². The zero-order valence-electron chi connectivity index (χ0n) is 15.9. The molecule has 0 amide bonds. The first-order chi connectivity index (χ1) is 12.9. The van der Waals surface area contributed by atoms with Gasteiger partial charge in [-0.05, 0) is 45.9 Å². The van der Waals surface area contributed by atoms with E-state index in [0.717, 1.165) is 18.7 Å². The molecule has 0 bridgehead atoms. The maximum Gasteiger partial charge on any atom is 0.337 e. The molecule has 5 nitrogen and oxygen atoms in total. The molecule has 0 radical (unpaired) electrons. The number of hydrogen-bond acceptors (Lipinski definition) is 3. The van der Waals surface area contributed by atoms with Gasteiger partial charge in [0.2, 0.25) is 0 Å². The molecule has 0 saturated carbocycles. The van der Waals surface area contributed by atoms with Crippen LogP contribution in [0.3, 0.4) is 0 Å². The van der Waals surface area contributed by atoms with E-state index in [-0.39, 0.29) is 12.1 Å². The first-order valence-electron chi connectivity index (χ1n) is 9.01. The Morgan fingerprint density at radius 2 is 2.04 bits per heavy atom. The lowest BCUT2D eigenvalue weighted by molar-refractivity contribution is 0.0694. The summed E-state index contributed by atoms with van der Waals surface area (Å²) in [4.78, 5) is 11.8. The number of aromatic nitrogens is 1. The molecule has 2 rings (SSSR count). The fraction of sp³-hybridized carbons (Fsp3) is 0.450. The summed E-state index contributed by atoms with van der Waals surface area (Å²) in [5.41, 5.74) is 2.71. The highest BCUT2D eigenvalue weighted by atomic mass is 35.5. The number of nitrogens with zero attached hydrogens (tertiary/aromatic N) is 1. The maximum atomic E-state index is 14.2. The summed E-state index contributed by atoms with van der Waals surface area (Å²) in [6.07, 6.45) is 0.847. The molecular formula is C20H26ClFN2O3. The highest BCUT2D eigenvalue weighted by Crippen LogP contribution is 2.27. The molecule has 0 atom stereocenters. The van der Waals surface area contributed by atoms with Crippen molar-refractivity contribution < 1.29 is 19.0 Å². The van der Waals surface area contributed by atoms with Crippen LogP contribution >= 0.6 is 11.6 Å². The van der Waals surface area contributed by atoms with Gasteiger partial charge in [-0.25, -0.2) is 9.18 Å². The van der Waals surface area contributed by atoms with E-state index >= 15 is 0 Å². The van der Waals surface area contributed by atoms with Crippen LogP contribution in [-0.2, 0) is 17.8 Å². The van der Waals surface area contributed by atoms with E-state index < -0.39 is 11.8 Å². The largest absolute Gasteiger partial charge is 0.478 e. The minimum Gasteiger partial charge on any atom is -0.478 e. The fourth-order valence-corrected chi connectivity index (χ4v) is 3.41. The molecule has 0 aliphatic rings. The molecule has 1 aromatic carbocycles. The van der Waals surface area contributed by atoms with Crippen LogP contribution in [0.1, 0.15) is 46.2 Å². The lowest BCUT2D eigenvalue weighted by Gasteiger charge is -2.12. The number of carboxylic acid groups (broad SMARTS) is 1. The number of ether oxygens (including phenoxy) is 1. The molecule has 1 heterocycles. The fourth-order valence-electron chi connectivity index (χ4n) is 3.18. The van der Waals surface area contributed by atoms with Crippen molar-refractivity contribution in [2.45, 2.75) is 40.3 Å². The van der Waals surface area contributed by atoms with Gasteiger partial charge < -0.3 is 19.7 Å². The molecule has 0 aliphatic carbocycles. The summed E-state index contributed by atoms with van der Waals surface area (Å²) in [7, 11) is 0. The number of halogens is 2. The van der Waals surface area contributed by atoms with Crippen LogP contribution in [0.4, 0.5) is 4.39 Å². The highest BCUT2D eigenvalue weighted by molar-refractivity contribution is 6.31. The normalized spacial score (nSPS) is 11.1. The minimum atomic E-state index is -0.986. The lowest BCUT2D eigenvalue weighted by Crippen LogP contribution is -2.18. The third kappa shape index (κ3) is 5.09. The summed E-state index contributed by atoms with van der Waals surface area (Å²) in [6, 6.07) is 4.54. The average molecular weight is 397 g/mol. The number of hydrogen-bond donors (Lipinski definition) is 2. The zero-order valence-corrected chi connectivity index (χ0v) is 16.7. The van der Waals surface area contributed by atoms with Crippen molar-refractivity contribution in [3.8, 4) is 0 Å². The van der Waals surface area contributed by atoms with Gasteiger partial charge in [0.05, 0.1) is 12.1 Å². The van der Waals surface area contributed by atoms with Gasteiger partial charge in [-0.1, -0.05) is 17.7 Å². The summed E-state index contributed by atoms with van der Waals surface area (Å²) >= 11 is 6.14. The van der Waals surface area contributed by atoms with Crippen molar-refractivity contribution in [3.63, 3.8) is 0 Å². The summed E-state index contributed by atoms with van der Waals surface area (Å²) in [5, 5.41) is 13.3. The minimum absolute atomic E-state index is 0.188. The first-order valence-corrected chi connectivity index (χ1v) is 9.39. The number of nitrogens with one attached hydrogen (secondary N) is 1. The molecule has 2 N–H and O–H groups in total. The van der Waals surface area contributed by atoms with Crippen LogP contribution in [0.5, 0.6) is 0 Å². The van der Waals surface area contributed by atoms with Crippen molar-refractivity contribution in [2.24, 2.45) is 0 Å². The third-order valence-electron chi connectivity index (χ3n) is 4.65. The van der Waals surface area contributed by atoms with E-state index in [4.69, 9.17) is 16.3 Å². The average Bonchev–Trinajstić information content (AvgIpc) is 2.85. The van der Waals surface area contributed by atoms with E-state index in [0.29, 0.717) is 41.6 Å². The van der Waals surface area contributed by atoms with Crippen molar-refractivity contribution >= 4 is 17.6 Å². The Kier molecular flexibility index (Phi) is 7.83. The second kappa shape index (κ2) is 9.88. The van der Waals surface area contributed by atoms with Crippen molar-refractivity contribution in [1.29, 1.82) is 0 Å². The van der Waals surface area contributed by atoms with Crippen LogP contribution in [0.2, 0.25) is 5.02 Å². The van der Waals surface area contributed by atoms with Gasteiger partial charge in [0.15, 0.2) is 0 Å². The molecule has 148 valence electrons. The summed E-state index contributed by atoms with van der Waals surface area (Å²) in [5.74, 6) is -1.39. The summed E-state index contributed by atoms with van der Waals surface area (Å²) in [6.45, 7) is 8.23. The Bertz CT molecular complexity index is 785. The van der Waals surface area contributed by atoms with Gasteiger partial charge >= 0.3 is 5.97 Å². The van der Waals surface area contributed by atoms with Crippen LogP contribution in [0.15, 0.2) is 18.2 Å². The molecule has 0 saturated heterocycles. The quantitative estimate of drug-likeness (QED) is 0.592. The molecule has 0 spiro atoms. The Hall–Kier alpha value is -1.89. The number of benzene rings is 1. The number of rotatable bonds is 10. The second-order valence-corrected chi connectivity index (χ2v) is 6.75. The molecule has 2 aromatic rings. The van der Waals surface area contributed by atoms with E-state index in [9.17, 15) is 14.3 Å². The molecular weight excluding hydrogens is 371 g/mol. The van der Waals surface area contributed by atoms with Gasteiger partial charge in [0.25, 0.3) is 0 Å². The van der Waals surface area contributed by atoms with Crippen molar-refractivity contribution in [1.82, 2.24) is 9.88 Å². The Labute approximate surface area is 164 Å². The van der Waals surface area contributed by atoms with E-state index in [1.54, 1.807) is 19.1 Å². The van der Waals surface area contributed by atoms with E-state index in [1.165, 1.54) is 6.07 Å². The molecule has 27 heavy (non-hydrogen) atoms. The first kappa shape index (κ1) is 21.4. The SMILES string of the molecule is CCOCCCNCc1c(C(=O)O)c(C)n(Cc2c(F)cccc2Cl)c1C. The van der Waals surface area contributed by atoms with Crippen LogP contribution in [0.25, 0.3) is 0 Å². The highest BCUT2D eigenvalue weighted by Gasteiger charge is 2.23. The van der Waals surface area contributed by atoms with Gasteiger partial charge in [0, 0.05) is 47.3 Å². The Morgan fingerprint density at radius 3 is 2.67 bits per heavy atom. The standard InChI is InChI=1S/C20H26ClFN2O3/c1-4-27-10-6-9-23-11-15-13(2)24(14(3)19(15)20(25)26)12-16-17(21)7-5-8-18(16)22/h5,7-8,23H,4,6,9-12H2,1-3H3,(H,25,26). The smallest absolute Gasteiger partial charge is 0.337 e.